The quantitative estimate of drug-likeness (QED) is 0.636. The van der Waals surface area contributed by atoms with Crippen LogP contribution in [-0.2, 0) is 19.3 Å². The maximum atomic E-state index is 10.7. The zero-order chi connectivity index (χ0) is 8.48. The molecule has 0 radical (unpaired) electrons. The van der Waals surface area contributed by atoms with E-state index in [0.717, 1.165) is 19.8 Å². The molecule has 0 spiro atoms. The van der Waals surface area contributed by atoms with Crippen molar-refractivity contribution >= 4 is 16.2 Å². The number of hydrogen-bond donors (Lipinski definition) is 1. The Kier molecular flexibility index (Phi) is 2.15. The van der Waals surface area contributed by atoms with Crippen LogP contribution in [0.3, 0.4) is 0 Å². The van der Waals surface area contributed by atoms with E-state index in [1.165, 1.54) is 0 Å². The number of rotatable bonds is 3. The van der Waals surface area contributed by atoms with Crippen LogP contribution in [0.2, 0.25) is 0 Å². The fourth-order valence-corrected chi connectivity index (χ4v) is 1.49. The van der Waals surface area contributed by atoms with Crippen molar-refractivity contribution in [2.75, 3.05) is 0 Å². The van der Waals surface area contributed by atoms with Gasteiger partial charge in [-0.2, -0.15) is 8.42 Å². The number of hydrogen-bond acceptors (Lipinski definition) is 4. The molecule has 0 bridgehead atoms. The van der Waals surface area contributed by atoms with Crippen molar-refractivity contribution in [2.45, 2.75) is 25.9 Å². The topological polar surface area (TPSA) is 72.5 Å². The monoisotopic (exact) mass is 179 g/mol. The van der Waals surface area contributed by atoms with Gasteiger partial charge in [0.15, 0.2) is 0 Å². The second-order valence-electron chi connectivity index (χ2n) is 2.41. The first-order chi connectivity index (χ1) is 4.99. The third-order valence-corrected chi connectivity index (χ3v) is 2.12. The van der Waals surface area contributed by atoms with Gasteiger partial charge in [-0.1, -0.05) is 0 Å². The number of nitrogens with one attached hydrogen (secondary N) is 1. The summed E-state index contributed by atoms with van der Waals surface area (Å²) in [5, 5.41) is 0. The van der Waals surface area contributed by atoms with E-state index in [0.29, 0.717) is 0 Å². The first-order valence-corrected chi connectivity index (χ1v) is 4.62. The molecule has 0 aromatic carbocycles. The van der Waals surface area contributed by atoms with E-state index in [1.807, 2.05) is 0 Å². The number of carbonyl (C=O) groups is 1. The molecule has 0 saturated heterocycles. The second-order valence-corrected chi connectivity index (χ2v) is 3.71. The maximum Gasteiger partial charge on any atom is 0.362 e. The minimum absolute atomic E-state index is 0.216. The van der Waals surface area contributed by atoms with Crippen LogP contribution in [-0.4, -0.2) is 20.4 Å². The van der Waals surface area contributed by atoms with Gasteiger partial charge in [0.25, 0.3) is 0 Å². The molecule has 0 aliphatic heterocycles. The Bertz CT molecular complexity index is 254. The highest BCUT2D eigenvalue weighted by Gasteiger charge is 2.29. The van der Waals surface area contributed by atoms with Crippen molar-refractivity contribution in [1.29, 1.82) is 0 Å². The average Bonchev–Trinajstić information content (AvgIpc) is 2.43. The Balaban J connectivity index is 2.44. The summed E-state index contributed by atoms with van der Waals surface area (Å²) in [4.78, 5) is 10.3. The minimum atomic E-state index is -3.82. The summed E-state index contributed by atoms with van der Waals surface area (Å²) in [5.74, 6) is -0.634. The molecule has 1 aliphatic carbocycles. The van der Waals surface area contributed by atoms with Crippen molar-refractivity contribution in [2.24, 2.45) is 0 Å². The van der Waals surface area contributed by atoms with Gasteiger partial charge in [-0.3, -0.25) is 8.98 Å². The van der Waals surface area contributed by atoms with Crippen molar-refractivity contribution in [3.8, 4) is 0 Å². The lowest BCUT2D eigenvalue weighted by atomic mass is 10.8. The van der Waals surface area contributed by atoms with Crippen molar-refractivity contribution in [3.63, 3.8) is 0 Å². The molecule has 1 saturated carbocycles. The molecule has 0 aromatic rings. The molecule has 1 aliphatic rings. The van der Waals surface area contributed by atoms with Crippen LogP contribution >= 0.6 is 0 Å². The zero-order valence-electron chi connectivity index (χ0n) is 6.03. The lowest BCUT2D eigenvalue weighted by molar-refractivity contribution is -0.117. The Morgan fingerprint density at radius 2 is 2.09 bits per heavy atom. The van der Waals surface area contributed by atoms with Gasteiger partial charge < -0.3 is 0 Å². The largest absolute Gasteiger partial charge is 0.362 e. The third-order valence-electron chi connectivity index (χ3n) is 1.06. The van der Waals surface area contributed by atoms with Gasteiger partial charge >= 0.3 is 10.3 Å². The first kappa shape index (κ1) is 8.48. The number of amides is 1. The third kappa shape index (κ3) is 3.33. The average molecular weight is 179 g/mol. The van der Waals surface area contributed by atoms with Crippen LogP contribution in [0, 0.1) is 0 Å². The van der Waals surface area contributed by atoms with Gasteiger partial charge in [0.2, 0.25) is 5.91 Å². The molecule has 0 heterocycles. The van der Waals surface area contributed by atoms with Gasteiger partial charge in [-0.05, 0) is 12.8 Å². The van der Waals surface area contributed by atoms with Crippen molar-refractivity contribution < 1.29 is 17.4 Å². The van der Waals surface area contributed by atoms with Crippen molar-refractivity contribution in [1.82, 2.24) is 4.72 Å². The van der Waals surface area contributed by atoms with Crippen LogP contribution in [0.25, 0.3) is 0 Å². The first-order valence-electron chi connectivity index (χ1n) is 3.21. The second kappa shape index (κ2) is 2.78. The predicted octanol–water partition coefficient (Wildman–Crippen LogP) is -0.454. The van der Waals surface area contributed by atoms with Crippen LogP contribution in [0.5, 0.6) is 0 Å². The summed E-state index contributed by atoms with van der Waals surface area (Å²) >= 11 is 0. The minimum Gasteiger partial charge on any atom is -0.274 e. The van der Waals surface area contributed by atoms with E-state index in [4.69, 9.17) is 0 Å². The van der Waals surface area contributed by atoms with E-state index in [2.05, 4.69) is 4.18 Å². The smallest absolute Gasteiger partial charge is 0.274 e. The molecule has 1 rings (SSSR count). The molecule has 0 aromatic heterocycles. The van der Waals surface area contributed by atoms with Gasteiger partial charge in [-0.15, -0.1) is 0 Å². The Labute approximate surface area is 65.0 Å². The van der Waals surface area contributed by atoms with Crippen LogP contribution in [0.15, 0.2) is 0 Å². The number of carbonyl (C=O) groups excluding carboxylic acids is 1. The molecule has 0 unspecified atom stereocenters. The van der Waals surface area contributed by atoms with Crippen LogP contribution in [0.4, 0.5) is 0 Å². The highest BCUT2D eigenvalue weighted by molar-refractivity contribution is 7.85. The Morgan fingerprint density at radius 1 is 1.55 bits per heavy atom. The van der Waals surface area contributed by atoms with Gasteiger partial charge in [0, 0.05) is 6.92 Å². The van der Waals surface area contributed by atoms with Gasteiger partial charge in [-0.25, -0.2) is 4.72 Å². The van der Waals surface area contributed by atoms with E-state index in [1.54, 1.807) is 4.72 Å². The maximum absolute atomic E-state index is 10.7. The van der Waals surface area contributed by atoms with E-state index >= 15 is 0 Å². The van der Waals surface area contributed by atoms with Gasteiger partial charge in [0.1, 0.15) is 0 Å². The summed E-state index contributed by atoms with van der Waals surface area (Å²) in [6.07, 6.45) is 1.28. The molecule has 11 heavy (non-hydrogen) atoms. The molecule has 64 valence electrons. The summed E-state index contributed by atoms with van der Waals surface area (Å²) in [6.45, 7) is 1.12. The summed E-state index contributed by atoms with van der Waals surface area (Å²) in [7, 11) is -3.82. The molecule has 0 atom stereocenters. The Hall–Kier alpha value is -0.620. The molecule has 6 heteroatoms. The fourth-order valence-electron chi connectivity index (χ4n) is 0.544. The van der Waals surface area contributed by atoms with Crippen molar-refractivity contribution in [3.05, 3.63) is 0 Å². The van der Waals surface area contributed by atoms with E-state index in [-0.39, 0.29) is 6.10 Å². The lowest BCUT2D eigenvalue weighted by Crippen LogP contribution is -2.30. The predicted molar refractivity (Wildman–Crippen MR) is 36.8 cm³/mol. The van der Waals surface area contributed by atoms with Gasteiger partial charge in [0.05, 0.1) is 6.10 Å². The van der Waals surface area contributed by atoms with E-state index < -0.39 is 16.2 Å². The molecular formula is C5H9NO4S. The molecule has 1 fully saturated rings. The molecular weight excluding hydrogens is 170 g/mol. The zero-order valence-corrected chi connectivity index (χ0v) is 6.85. The normalized spacial score (nSPS) is 17.9. The molecule has 5 nitrogen and oxygen atoms in total. The lowest BCUT2D eigenvalue weighted by Gasteiger charge is -2.02. The molecule has 1 N–H and O–H groups in total. The van der Waals surface area contributed by atoms with E-state index in [9.17, 15) is 13.2 Å². The highest BCUT2D eigenvalue weighted by Crippen LogP contribution is 2.24. The van der Waals surface area contributed by atoms with Crippen LogP contribution in [0.1, 0.15) is 19.8 Å². The summed E-state index contributed by atoms with van der Waals surface area (Å²) in [5.41, 5.74) is 0. The summed E-state index contributed by atoms with van der Waals surface area (Å²) in [6, 6.07) is 0. The standard InChI is InChI=1S/C5H9NO4S/c1-4(7)6-11(8,9)10-5-2-3-5/h5H,2-3H2,1H3,(H,6,7). The fraction of sp³-hybridized carbons (Fsp3) is 0.800. The van der Waals surface area contributed by atoms with Crippen LogP contribution < -0.4 is 4.72 Å². The Morgan fingerprint density at radius 3 is 2.45 bits per heavy atom. The summed E-state index contributed by atoms with van der Waals surface area (Å²) < 4.78 is 27.7. The highest BCUT2D eigenvalue weighted by atomic mass is 32.2. The molecule has 1 amide bonds. The SMILES string of the molecule is CC(=O)NS(=O)(=O)OC1CC1.